The van der Waals surface area contributed by atoms with Gasteiger partial charge in [-0.25, -0.2) is 9.97 Å². The first-order valence-electron chi connectivity index (χ1n) is 16.1. The molecule has 0 bridgehead atoms. The molecular formula is C43H29N3S. The molecule has 0 aliphatic heterocycles. The van der Waals surface area contributed by atoms with Crippen LogP contribution in [0.4, 0.5) is 0 Å². The van der Waals surface area contributed by atoms with Gasteiger partial charge in [-0.2, -0.15) is 0 Å². The zero-order valence-corrected chi connectivity index (χ0v) is 26.8. The molecule has 1 aliphatic carbocycles. The van der Waals surface area contributed by atoms with Crippen molar-refractivity contribution in [3.8, 4) is 39.5 Å². The van der Waals surface area contributed by atoms with E-state index in [1.165, 1.54) is 54.1 Å². The van der Waals surface area contributed by atoms with E-state index in [0.29, 0.717) is 0 Å². The SMILES string of the molecule is CC1(C)c2ccccc2-c2c1ccc1c3ccccc3n(-c3cccc(-c4nc(-c5ccccc5)nc5sc6ccccc6c45)c3)c21. The summed E-state index contributed by atoms with van der Waals surface area (Å²) < 4.78 is 3.70. The lowest BCUT2D eigenvalue weighted by Crippen LogP contribution is -2.14. The highest BCUT2D eigenvalue weighted by molar-refractivity contribution is 7.25. The first-order chi connectivity index (χ1) is 23.1. The van der Waals surface area contributed by atoms with Gasteiger partial charge in [-0.15, -0.1) is 11.3 Å². The minimum absolute atomic E-state index is 0.0797. The van der Waals surface area contributed by atoms with Crippen molar-refractivity contribution < 1.29 is 0 Å². The van der Waals surface area contributed by atoms with Crippen LogP contribution in [-0.2, 0) is 5.41 Å². The standard InChI is InChI=1S/C43H29N3S/c1-43(2)33-20-9-6-18-31(33)37-34(43)24-23-30-29-17-7-10-21-35(29)46(40(30)37)28-16-12-15-27(25-28)39-38-32-19-8-11-22-36(32)47-42(38)45-41(44-39)26-13-4-3-5-14-26/h3-25H,1-2H3. The molecule has 0 radical (unpaired) electrons. The third kappa shape index (κ3) is 3.73. The van der Waals surface area contributed by atoms with E-state index in [4.69, 9.17) is 9.97 Å². The summed E-state index contributed by atoms with van der Waals surface area (Å²) in [5.74, 6) is 0.749. The van der Waals surface area contributed by atoms with Crippen molar-refractivity contribution in [3.05, 3.63) is 151 Å². The van der Waals surface area contributed by atoms with E-state index >= 15 is 0 Å². The molecule has 1 aliphatic rings. The zero-order valence-electron chi connectivity index (χ0n) is 26.0. The highest BCUT2D eigenvalue weighted by Crippen LogP contribution is 2.53. The summed E-state index contributed by atoms with van der Waals surface area (Å²) in [7, 11) is 0. The summed E-state index contributed by atoms with van der Waals surface area (Å²) in [5, 5.41) is 4.84. The second-order valence-corrected chi connectivity index (χ2v) is 14.0. The molecule has 6 aromatic carbocycles. The van der Waals surface area contributed by atoms with E-state index in [2.05, 4.69) is 140 Å². The monoisotopic (exact) mass is 619 g/mol. The fourth-order valence-electron chi connectivity index (χ4n) is 7.85. The van der Waals surface area contributed by atoms with E-state index in [1.54, 1.807) is 11.3 Å². The molecule has 3 nitrogen and oxygen atoms in total. The van der Waals surface area contributed by atoms with Crippen LogP contribution in [0.5, 0.6) is 0 Å². The maximum Gasteiger partial charge on any atom is 0.161 e. The van der Waals surface area contributed by atoms with E-state index in [-0.39, 0.29) is 5.41 Å². The number of rotatable bonds is 3. The molecule has 0 unspecified atom stereocenters. The minimum Gasteiger partial charge on any atom is -0.309 e. The van der Waals surface area contributed by atoms with Gasteiger partial charge in [0.15, 0.2) is 5.82 Å². The zero-order chi connectivity index (χ0) is 31.3. The number of thiophene rings is 1. The molecule has 0 N–H and O–H groups in total. The van der Waals surface area contributed by atoms with E-state index in [0.717, 1.165) is 38.5 Å². The lowest BCUT2D eigenvalue weighted by atomic mass is 9.82. The normalized spacial score (nSPS) is 13.5. The molecule has 0 saturated carbocycles. The first-order valence-corrected chi connectivity index (χ1v) is 16.9. The Morgan fingerprint density at radius 1 is 0.596 bits per heavy atom. The molecule has 0 saturated heterocycles. The summed E-state index contributed by atoms with van der Waals surface area (Å²) in [6.07, 6.45) is 0. The van der Waals surface area contributed by atoms with Gasteiger partial charge in [-0.05, 0) is 41.0 Å². The molecule has 10 rings (SSSR count). The first kappa shape index (κ1) is 26.6. The van der Waals surface area contributed by atoms with Crippen molar-refractivity contribution in [2.45, 2.75) is 19.3 Å². The molecule has 47 heavy (non-hydrogen) atoms. The van der Waals surface area contributed by atoms with Crippen molar-refractivity contribution in [1.82, 2.24) is 14.5 Å². The highest BCUT2D eigenvalue weighted by Gasteiger charge is 2.37. The molecule has 222 valence electrons. The van der Waals surface area contributed by atoms with Crippen LogP contribution in [0.25, 0.3) is 81.6 Å². The minimum atomic E-state index is -0.0797. The van der Waals surface area contributed by atoms with Crippen LogP contribution in [0.1, 0.15) is 25.0 Å². The predicted octanol–water partition coefficient (Wildman–Crippen LogP) is 11.6. The second-order valence-electron chi connectivity index (χ2n) is 13.0. The molecule has 0 amide bonds. The van der Waals surface area contributed by atoms with Gasteiger partial charge in [-0.3, -0.25) is 0 Å². The summed E-state index contributed by atoms with van der Waals surface area (Å²) in [6.45, 7) is 4.71. The largest absolute Gasteiger partial charge is 0.309 e. The van der Waals surface area contributed by atoms with Crippen LogP contribution >= 0.6 is 11.3 Å². The van der Waals surface area contributed by atoms with Crippen LogP contribution < -0.4 is 0 Å². The molecule has 9 aromatic rings. The molecule has 3 aromatic heterocycles. The smallest absolute Gasteiger partial charge is 0.161 e. The Hall–Kier alpha value is -5.58. The van der Waals surface area contributed by atoms with Gasteiger partial charge in [0.1, 0.15) is 4.83 Å². The third-order valence-corrected chi connectivity index (χ3v) is 11.1. The third-order valence-electron chi connectivity index (χ3n) is 10.0. The van der Waals surface area contributed by atoms with Crippen LogP contribution in [0.15, 0.2) is 140 Å². The number of hydrogen-bond acceptors (Lipinski definition) is 3. The highest BCUT2D eigenvalue weighted by atomic mass is 32.1. The van der Waals surface area contributed by atoms with Crippen LogP contribution in [0.2, 0.25) is 0 Å². The molecule has 3 heterocycles. The van der Waals surface area contributed by atoms with E-state index in [1.807, 2.05) is 18.2 Å². The van der Waals surface area contributed by atoms with Gasteiger partial charge in [0.05, 0.1) is 16.7 Å². The van der Waals surface area contributed by atoms with E-state index < -0.39 is 0 Å². The lowest BCUT2D eigenvalue weighted by Gasteiger charge is -2.21. The number of fused-ring (bicyclic) bond motifs is 10. The van der Waals surface area contributed by atoms with Gasteiger partial charge in [-0.1, -0.05) is 129 Å². The quantitative estimate of drug-likeness (QED) is 0.197. The topological polar surface area (TPSA) is 30.7 Å². The van der Waals surface area contributed by atoms with Crippen LogP contribution in [0, 0.1) is 0 Å². The summed E-state index contributed by atoms with van der Waals surface area (Å²) in [5.41, 5.74) is 12.0. The summed E-state index contributed by atoms with van der Waals surface area (Å²) in [6, 6.07) is 50.3. The predicted molar refractivity (Wildman–Crippen MR) is 198 cm³/mol. The molecule has 0 fully saturated rings. The number of nitrogens with zero attached hydrogens (tertiary/aromatic N) is 3. The van der Waals surface area contributed by atoms with E-state index in [9.17, 15) is 0 Å². The van der Waals surface area contributed by atoms with Gasteiger partial charge in [0.2, 0.25) is 0 Å². The number of benzene rings is 6. The molecule has 0 atom stereocenters. The van der Waals surface area contributed by atoms with Gasteiger partial charge >= 0.3 is 0 Å². The van der Waals surface area contributed by atoms with Crippen molar-refractivity contribution in [3.63, 3.8) is 0 Å². The Bertz CT molecular complexity index is 2710. The Morgan fingerprint density at radius 3 is 2.23 bits per heavy atom. The molecular weight excluding hydrogens is 591 g/mol. The maximum absolute atomic E-state index is 5.30. The second kappa shape index (κ2) is 9.71. The fourth-order valence-corrected chi connectivity index (χ4v) is 8.93. The van der Waals surface area contributed by atoms with Crippen molar-refractivity contribution >= 4 is 53.4 Å². The average Bonchev–Trinajstić information content (AvgIpc) is 3.74. The average molecular weight is 620 g/mol. The fraction of sp³-hybridized carbons (Fsp3) is 0.0698. The van der Waals surface area contributed by atoms with Crippen molar-refractivity contribution in [2.75, 3.05) is 0 Å². The Balaban J connectivity index is 1.29. The summed E-state index contributed by atoms with van der Waals surface area (Å²) >= 11 is 1.74. The number of hydrogen-bond donors (Lipinski definition) is 0. The Kier molecular flexibility index (Phi) is 5.50. The lowest BCUT2D eigenvalue weighted by molar-refractivity contribution is 0.661. The van der Waals surface area contributed by atoms with Crippen LogP contribution in [0.3, 0.4) is 0 Å². The van der Waals surface area contributed by atoms with Crippen molar-refractivity contribution in [1.29, 1.82) is 0 Å². The Morgan fingerprint density at radius 2 is 1.34 bits per heavy atom. The van der Waals surface area contributed by atoms with Gasteiger partial charge in [0, 0.05) is 54.0 Å². The molecule has 0 spiro atoms. The number of aromatic nitrogens is 3. The number of para-hydroxylation sites is 1. The maximum atomic E-state index is 5.30. The van der Waals surface area contributed by atoms with Gasteiger partial charge < -0.3 is 4.57 Å². The Labute approximate surface area is 276 Å². The molecule has 4 heteroatoms. The van der Waals surface area contributed by atoms with Crippen LogP contribution in [-0.4, -0.2) is 14.5 Å². The van der Waals surface area contributed by atoms with Crippen molar-refractivity contribution in [2.24, 2.45) is 0 Å². The summed E-state index contributed by atoms with van der Waals surface area (Å²) in [4.78, 5) is 11.4. The van der Waals surface area contributed by atoms with Gasteiger partial charge in [0.25, 0.3) is 0 Å².